The molecular weight excluding hydrogens is 220 g/mol. The molecule has 1 aromatic carbocycles. The van der Waals surface area contributed by atoms with Gasteiger partial charge in [-0.25, -0.2) is 0 Å². The molecule has 0 aliphatic rings. The van der Waals surface area contributed by atoms with Gasteiger partial charge in [-0.2, -0.15) is 0 Å². The Morgan fingerprint density at radius 2 is 2.18 bits per heavy atom. The third-order valence-electron chi connectivity index (χ3n) is 1.94. The summed E-state index contributed by atoms with van der Waals surface area (Å²) in [6.07, 6.45) is 0.283. The summed E-state index contributed by atoms with van der Waals surface area (Å²) in [4.78, 5) is 13.9. The van der Waals surface area contributed by atoms with Crippen molar-refractivity contribution in [2.45, 2.75) is 6.42 Å². The van der Waals surface area contributed by atoms with Crippen molar-refractivity contribution in [3.8, 4) is 5.75 Å². The Morgan fingerprint density at radius 3 is 2.88 bits per heavy atom. The molecule has 1 aromatic rings. The maximum atomic E-state index is 11.3. The van der Waals surface area contributed by atoms with Gasteiger partial charge in [-0.05, 0) is 17.7 Å². The lowest BCUT2D eigenvalue weighted by atomic mass is 10.3. The van der Waals surface area contributed by atoms with Crippen LogP contribution in [0.1, 0.15) is 6.42 Å². The van der Waals surface area contributed by atoms with Gasteiger partial charge in [0, 0.05) is 18.0 Å². The normalized spacial score (nSPS) is 9.18. The molecule has 6 nitrogen and oxygen atoms in total. The van der Waals surface area contributed by atoms with E-state index in [1.165, 1.54) is 0 Å². The van der Waals surface area contributed by atoms with Crippen LogP contribution >= 0.6 is 0 Å². The van der Waals surface area contributed by atoms with Crippen LogP contribution in [0.25, 0.3) is 10.4 Å². The fourth-order valence-corrected chi connectivity index (χ4v) is 1.16. The Kier molecular flexibility index (Phi) is 6.06. The van der Waals surface area contributed by atoms with Gasteiger partial charge in [0.1, 0.15) is 5.75 Å². The molecule has 0 unspecified atom stereocenters. The number of azide groups is 1. The van der Waals surface area contributed by atoms with Crippen LogP contribution in [0.15, 0.2) is 35.4 Å². The zero-order valence-corrected chi connectivity index (χ0v) is 9.37. The molecular formula is C11H14N4O2. The van der Waals surface area contributed by atoms with Crippen molar-refractivity contribution in [3.05, 3.63) is 40.8 Å². The molecule has 0 saturated carbocycles. The highest BCUT2D eigenvalue weighted by atomic mass is 16.5. The molecule has 0 heterocycles. The third-order valence-corrected chi connectivity index (χ3v) is 1.94. The van der Waals surface area contributed by atoms with E-state index in [0.717, 1.165) is 5.75 Å². The van der Waals surface area contributed by atoms with Gasteiger partial charge in [0.05, 0.1) is 13.0 Å². The smallest absolute Gasteiger partial charge is 0.223 e. The van der Waals surface area contributed by atoms with Crippen molar-refractivity contribution in [2.75, 3.05) is 19.7 Å². The molecule has 0 aromatic heterocycles. The second-order valence-corrected chi connectivity index (χ2v) is 3.22. The molecule has 0 aliphatic heterocycles. The minimum atomic E-state index is -0.117. The Labute approximate surface area is 99.2 Å². The van der Waals surface area contributed by atoms with E-state index in [2.05, 4.69) is 15.3 Å². The van der Waals surface area contributed by atoms with Crippen molar-refractivity contribution in [3.63, 3.8) is 0 Å². The number of hydrogen-bond donors (Lipinski definition) is 1. The number of para-hydroxylation sites is 1. The largest absolute Gasteiger partial charge is 0.493 e. The highest BCUT2D eigenvalue weighted by Crippen LogP contribution is 2.08. The van der Waals surface area contributed by atoms with E-state index in [1.807, 2.05) is 30.3 Å². The lowest BCUT2D eigenvalue weighted by Crippen LogP contribution is -2.27. The van der Waals surface area contributed by atoms with Crippen LogP contribution in [0.5, 0.6) is 5.75 Å². The summed E-state index contributed by atoms with van der Waals surface area (Å²) in [5.74, 6) is 0.628. The van der Waals surface area contributed by atoms with E-state index in [9.17, 15) is 4.79 Å². The van der Waals surface area contributed by atoms with Gasteiger partial charge in [0.2, 0.25) is 5.91 Å². The first-order valence-electron chi connectivity index (χ1n) is 5.28. The Balaban J connectivity index is 2.10. The first-order valence-corrected chi connectivity index (χ1v) is 5.28. The van der Waals surface area contributed by atoms with Gasteiger partial charge in [-0.15, -0.1) is 0 Å². The van der Waals surface area contributed by atoms with E-state index in [-0.39, 0.29) is 18.9 Å². The van der Waals surface area contributed by atoms with E-state index < -0.39 is 0 Å². The van der Waals surface area contributed by atoms with Gasteiger partial charge in [-0.1, -0.05) is 23.3 Å². The number of hydrogen-bond acceptors (Lipinski definition) is 3. The number of carbonyl (C=O) groups excluding carboxylic acids is 1. The predicted octanol–water partition coefficient (Wildman–Crippen LogP) is 1.88. The average Bonchev–Trinajstić information content (AvgIpc) is 2.36. The predicted molar refractivity (Wildman–Crippen MR) is 63.6 cm³/mol. The number of rotatable bonds is 7. The van der Waals surface area contributed by atoms with E-state index in [4.69, 9.17) is 10.3 Å². The summed E-state index contributed by atoms with van der Waals surface area (Å²) >= 11 is 0. The van der Waals surface area contributed by atoms with E-state index in [0.29, 0.717) is 13.2 Å². The van der Waals surface area contributed by atoms with Crippen LogP contribution < -0.4 is 10.1 Å². The highest BCUT2D eigenvalue weighted by Gasteiger charge is 2.00. The molecule has 0 saturated heterocycles. The maximum absolute atomic E-state index is 11.3. The maximum Gasteiger partial charge on any atom is 0.223 e. The van der Waals surface area contributed by atoms with Crippen molar-refractivity contribution >= 4 is 5.91 Å². The minimum absolute atomic E-state index is 0.117. The van der Waals surface area contributed by atoms with Crippen molar-refractivity contribution in [1.29, 1.82) is 0 Å². The fourth-order valence-electron chi connectivity index (χ4n) is 1.16. The first kappa shape index (κ1) is 12.9. The minimum Gasteiger partial charge on any atom is -0.493 e. The average molecular weight is 234 g/mol. The lowest BCUT2D eigenvalue weighted by molar-refractivity contribution is -0.121. The highest BCUT2D eigenvalue weighted by molar-refractivity contribution is 5.75. The quantitative estimate of drug-likeness (QED) is 0.338. The number of amides is 1. The number of carbonyl (C=O) groups is 1. The molecule has 1 rings (SSSR count). The zero-order valence-electron chi connectivity index (χ0n) is 9.37. The standard InChI is InChI=1S/C11H14N4O2/c12-15-14-8-7-13-11(16)6-9-17-10-4-2-1-3-5-10/h1-5H,6-9H2,(H,13,16). The lowest BCUT2D eigenvalue weighted by Gasteiger charge is -2.06. The van der Waals surface area contributed by atoms with Crippen LogP contribution in [0, 0.1) is 0 Å². The number of nitrogens with one attached hydrogen (secondary N) is 1. The van der Waals surface area contributed by atoms with Gasteiger partial charge in [0.15, 0.2) is 0 Å². The SMILES string of the molecule is [N-]=[N+]=NCCNC(=O)CCOc1ccccc1. The second kappa shape index (κ2) is 8.01. The Bertz CT molecular complexity index is 388. The van der Waals surface area contributed by atoms with Crippen LogP contribution in [0.2, 0.25) is 0 Å². The molecule has 0 spiro atoms. The topological polar surface area (TPSA) is 87.1 Å². The summed E-state index contributed by atoms with van der Waals surface area (Å²) in [7, 11) is 0. The molecule has 1 amide bonds. The molecule has 6 heteroatoms. The Morgan fingerprint density at radius 1 is 1.41 bits per heavy atom. The van der Waals surface area contributed by atoms with Crippen LogP contribution in [-0.2, 0) is 4.79 Å². The molecule has 0 bridgehead atoms. The van der Waals surface area contributed by atoms with Crippen molar-refractivity contribution in [1.82, 2.24) is 5.32 Å². The molecule has 1 N–H and O–H groups in total. The van der Waals surface area contributed by atoms with Crippen LogP contribution in [0.4, 0.5) is 0 Å². The summed E-state index contributed by atoms with van der Waals surface area (Å²) in [5, 5.41) is 5.93. The van der Waals surface area contributed by atoms with Crippen LogP contribution in [0.3, 0.4) is 0 Å². The number of benzene rings is 1. The van der Waals surface area contributed by atoms with Gasteiger partial charge in [0.25, 0.3) is 0 Å². The molecule has 0 fully saturated rings. The third kappa shape index (κ3) is 6.06. The monoisotopic (exact) mass is 234 g/mol. The molecule has 90 valence electrons. The summed E-state index contributed by atoms with van der Waals surface area (Å²) in [6, 6.07) is 9.30. The number of ether oxygens (including phenoxy) is 1. The van der Waals surface area contributed by atoms with Crippen molar-refractivity contribution in [2.24, 2.45) is 5.11 Å². The molecule has 0 radical (unpaired) electrons. The molecule has 0 aliphatic carbocycles. The van der Waals surface area contributed by atoms with Gasteiger partial charge < -0.3 is 10.1 Å². The second-order valence-electron chi connectivity index (χ2n) is 3.22. The van der Waals surface area contributed by atoms with E-state index in [1.54, 1.807) is 0 Å². The van der Waals surface area contributed by atoms with Crippen LogP contribution in [-0.4, -0.2) is 25.6 Å². The number of nitrogens with zero attached hydrogens (tertiary/aromatic N) is 3. The Hall–Kier alpha value is -2.20. The van der Waals surface area contributed by atoms with Gasteiger partial charge >= 0.3 is 0 Å². The van der Waals surface area contributed by atoms with Gasteiger partial charge in [-0.3, -0.25) is 4.79 Å². The molecule has 0 atom stereocenters. The van der Waals surface area contributed by atoms with Crippen molar-refractivity contribution < 1.29 is 9.53 Å². The fraction of sp³-hybridized carbons (Fsp3) is 0.364. The zero-order chi connectivity index (χ0) is 12.3. The van der Waals surface area contributed by atoms with E-state index >= 15 is 0 Å². The first-order chi connectivity index (χ1) is 8.33. The summed E-state index contributed by atoms with van der Waals surface area (Å²) < 4.78 is 5.36. The summed E-state index contributed by atoms with van der Waals surface area (Å²) in [5.41, 5.74) is 8.02. The summed E-state index contributed by atoms with van der Waals surface area (Å²) in [6.45, 7) is 0.952. The molecule has 17 heavy (non-hydrogen) atoms.